The molecule has 0 atom stereocenters. The highest BCUT2D eigenvalue weighted by molar-refractivity contribution is 9.10. The van der Waals surface area contributed by atoms with Gasteiger partial charge in [0.05, 0.1) is 0 Å². The molecule has 0 saturated heterocycles. The number of rotatable bonds is 5. The van der Waals surface area contributed by atoms with Crippen molar-refractivity contribution in [2.45, 2.75) is 13.8 Å². The highest BCUT2D eigenvalue weighted by Gasteiger charge is 2.12. The van der Waals surface area contributed by atoms with Crippen molar-refractivity contribution in [1.82, 2.24) is 5.32 Å². The normalized spacial score (nSPS) is 10.1. The third-order valence-corrected chi connectivity index (χ3v) is 4.38. The maximum absolute atomic E-state index is 11.9. The molecule has 0 radical (unpaired) electrons. The lowest BCUT2D eigenvalue weighted by molar-refractivity contribution is -0.116. The minimum absolute atomic E-state index is 0.0676. The molecule has 0 aliphatic heterocycles. The molecule has 0 aliphatic carbocycles. The Morgan fingerprint density at radius 3 is 2.46 bits per heavy atom. The van der Waals surface area contributed by atoms with Crippen molar-refractivity contribution in [2.75, 3.05) is 23.3 Å². The second kappa shape index (κ2) is 8.49. The van der Waals surface area contributed by atoms with Crippen molar-refractivity contribution in [2.24, 2.45) is 0 Å². The van der Waals surface area contributed by atoms with Gasteiger partial charge >= 0.3 is 6.03 Å². The van der Waals surface area contributed by atoms with E-state index in [9.17, 15) is 9.59 Å². The molecule has 126 valence electrons. The predicted molar refractivity (Wildman–Crippen MR) is 100 cm³/mol. The minimum atomic E-state index is -0.295. The van der Waals surface area contributed by atoms with Crippen LogP contribution in [0, 0.1) is 6.92 Å². The number of para-hydroxylation sites is 1. The van der Waals surface area contributed by atoms with Crippen LogP contribution in [-0.4, -0.2) is 25.0 Å². The molecule has 6 heteroatoms. The number of anilines is 2. The summed E-state index contributed by atoms with van der Waals surface area (Å²) in [6.45, 7) is 4.24. The van der Waals surface area contributed by atoms with Gasteiger partial charge < -0.3 is 15.5 Å². The van der Waals surface area contributed by atoms with E-state index in [1.54, 1.807) is 4.90 Å². The van der Waals surface area contributed by atoms with Gasteiger partial charge in [0.25, 0.3) is 0 Å². The third-order valence-electron chi connectivity index (χ3n) is 3.49. The van der Waals surface area contributed by atoms with E-state index >= 15 is 0 Å². The Bertz CT molecular complexity index is 719. The summed E-state index contributed by atoms with van der Waals surface area (Å²) in [6.07, 6.45) is 0. The van der Waals surface area contributed by atoms with Gasteiger partial charge in [0.1, 0.15) is 0 Å². The molecule has 24 heavy (non-hydrogen) atoms. The smallest absolute Gasteiger partial charge is 0.319 e. The summed E-state index contributed by atoms with van der Waals surface area (Å²) >= 11 is 3.45. The van der Waals surface area contributed by atoms with E-state index in [0.29, 0.717) is 13.1 Å². The molecule has 0 fully saturated rings. The Hall–Kier alpha value is -2.34. The van der Waals surface area contributed by atoms with Crippen LogP contribution in [0.5, 0.6) is 0 Å². The van der Waals surface area contributed by atoms with E-state index in [4.69, 9.17) is 0 Å². The highest BCUT2D eigenvalue weighted by Crippen LogP contribution is 2.22. The van der Waals surface area contributed by atoms with Crippen molar-refractivity contribution >= 4 is 39.2 Å². The number of amides is 3. The van der Waals surface area contributed by atoms with Gasteiger partial charge in [0.2, 0.25) is 5.91 Å². The van der Waals surface area contributed by atoms with Crippen molar-refractivity contribution in [3.8, 4) is 0 Å². The van der Waals surface area contributed by atoms with Crippen molar-refractivity contribution in [3.63, 3.8) is 0 Å². The largest absolute Gasteiger partial charge is 0.336 e. The Labute approximate surface area is 150 Å². The van der Waals surface area contributed by atoms with E-state index in [0.717, 1.165) is 21.4 Å². The summed E-state index contributed by atoms with van der Waals surface area (Å²) in [7, 11) is 0. The Kier molecular flexibility index (Phi) is 6.37. The number of hydrogen-bond acceptors (Lipinski definition) is 2. The topological polar surface area (TPSA) is 61.4 Å². The van der Waals surface area contributed by atoms with E-state index in [1.165, 1.54) is 6.92 Å². The number of nitrogens with zero attached hydrogens (tertiary/aromatic N) is 1. The first kappa shape index (κ1) is 18.0. The number of halogens is 1. The molecule has 2 N–H and O–H groups in total. The predicted octanol–water partition coefficient (Wildman–Crippen LogP) is 3.93. The maximum Gasteiger partial charge on any atom is 0.319 e. The lowest BCUT2D eigenvalue weighted by atomic mass is 10.2. The fraction of sp³-hybridized carbons (Fsp3) is 0.222. The summed E-state index contributed by atoms with van der Waals surface area (Å²) in [5, 5.41) is 5.50. The molecule has 2 rings (SSSR count). The highest BCUT2D eigenvalue weighted by atomic mass is 79.9. The van der Waals surface area contributed by atoms with Crippen LogP contribution in [0.1, 0.15) is 12.5 Å². The number of carbonyl (C=O) groups excluding carboxylic acids is 2. The lowest BCUT2D eigenvalue weighted by Crippen LogP contribution is -2.39. The summed E-state index contributed by atoms with van der Waals surface area (Å²) in [6, 6.07) is 14.6. The van der Waals surface area contributed by atoms with Crippen LogP contribution in [0.3, 0.4) is 0 Å². The van der Waals surface area contributed by atoms with E-state index in [1.807, 2.05) is 55.5 Å². The zero-order valence-electron chi connectivity index (χ0n) is 13.7. The number of aryl methyl sites for hydroxylation is 1. The van der Waals surface area contributed by atoms with Crippen LogP contribution < -0.4 is 15.5 Å². The van der Waals surface area contributed by atoms with E-state index in [2.05, 4.69) is 26.6 Å². The molecular weight excluding hydrogens is 370 g/mol. The van der Waals surface area contributed by atoms with Crippen LogP contribution in [0.15, 0.2) is 53.0 Å². The van der Waals surface area contributed by atoms with Gasteiger partial charge in [-0.05, 0) is 42.8 Å². The number of carbonyl (C=O) groups is 2. The van der Waals surface area contributed by atoms with E-state index in [-0.39, 0.29) is 11.9 Å². The fourth-order valence-corrected chi connectivity index (χ4v) is 2.49. The minimum Gasteiger partial charge on any atom is -0.336 e. The van der Waals surface area contributed by atoms with Crippen LogP contribution in [0.2, 0.25) is 0 Å². The molecule has 5 nitrogen and oxygen atoms in total. The summed E-state index contributed by atoms with van der Waals surface area (Å²) < 4.78 is 0.995. The third kappa shape index (κ3) is 5.09. The van der Waals surface area contributed by atoms with Gasteiger partial charge in [-0.15, -0.1) is 0 Å². The Morgan fingerprint density at radius 2 is 1.83 bits per heavy atom. The average molecular weight is 390 g/mol. The van der Waals surface area contributed by atoms with E-state index < -0.39 is 0 Å². The quantitative estimate of drug-likeness (QED) is 0.813. The number of hydrogen-bond donors (Lipinski definition) is 2. The zero-order chi connectivity index (χ0) is 17.5. The van der Waals surface area contributed by atoms with Gasteiger partial charge in [-0.2, -0.15) is 0 Å². The molecule has 0 unspecified atom stereocenters. The van der Waals surface area contributed by atoms with Gasteiger partial charge in [-0.25, -0.2) is 4.79 Å². The zero-order valence-corrected chi connectivity index (χ0v) is 15.3. The fourth-order valence-electron chi connectivity index (χ4n) is 2.24. The lowest BCUT2D eigenvalue weighted by Gasteiger charge is -2.22. The number of nitrogens with one attached hydrogen (secondary N) is 2. The molecule has 0 bridgehead atoms. The average Bonchev–Trinajstić information content (AvgIpc) is 2.55. The number of benzene rings is 2. The molecule has 2 aromatic carbocycles. The molecule has 0 heterocycles. The standard InChI is InChI=1S/C18H20BrN3O2/c1-13-12-16(8-9-17(13)19)22(14(2)23)11-10-20-18(24)21-15-6-4-3-5-7-15/h3-9,12H,10-11H2,1-2H3,(H2,20,21,24). The summed E-state index contributed by atoms with van der Waals surface area (Å²) in [5.74, 6) is -0.0676. The van der Waals surface area contributed by atoms with Crippen molar-refractivity contribution < 1.29 is 9.59 Å². The molecule has 3 amide bonds. The summed E-state index contributed by atoms with van der Waals surface area (Å²) in [4.78, 5) is 25.4. The molecule has 2 aromatic rings. The Balaban J connectivity index is 1.91. The molecule has 0 spiro atoms. The van der Waals surface area contributed by atoms with Gasteiger partial charge in [-0.3, -0.25) is 4.79 Å². The molecular formula is C18H20BrN3O2. The van der Waals surface area contributed by atoms with Gasteiger partial charge in [-0.1, -0.05) is 34.1 Å². The first-order valence-electron chi connectivity index (χ1n) is 7.61. The van der Waals surface area contributed by atoms with Crippen molar-refractivity contribution in [1.29, 1.82) is 0 Å². The molecule has 0 aromatic heterocycles. The second-order valence-electron chi connectivity index (χ2n) is 5.35. The van der Waals surface area contributed by atoms with Crippen LogP contribution in [0.4, 0.5) is 16.2 Å². The first-order chi connectivity index (χ1) is 11.5. The van der Waals surface area contributed by atoms with Crippen LogP contribution in [0.25, 0.3) is 0 Å². The Morgan fingerprint density at radius 1 is 1.12 bits per heavy atom. The summed E-state index contributed by atoms with van der Waals surface area (Å²) in [5.41, 5.74) is 2.59. The monoisotopic (exact) mass is 389 g/mol. The SMILES string of the molecule is CC(=O)N(CCNC(=O)Nc1ccccc1)c1ccc(Br)c(C)c1. The molecule has 0 saturated carbocycles. The van der Waals surface area contributed by atoms with Gasteiger partial charge in [0, 0.05) is 35.9 Å². The second-order valence-corrected chi connectivity index (χ2v) is 6.21. The maximum atomic E-state index is 11.9. The van der Waals surface area contributed by atoms with Crippen molar-refractivity contribution in [3.05, 3.63) is 58.6 Å². The van der Waals surface area contributed by atoms with Gasteiger partial charge in [0.15, 0.2) is 0 Å². The van der Waals surface area contributed by atoms with Crippen LogP contribution in [-0.2, 0) is 4.79 Å². The first-order valence-corrected chi connectivity index (χ1v) is 8.41. The van der Waals surface area contributed by atoms with Crippen LogP contribution >= 0.6 is 15.9 Å². The number of urea groups is 1. The molecule has 0 aliphatic rings.